The zero-order valence-corrected chi connectivity index (χ0v) is 15.0. The van der Waals surface area contributed by atoms with Crippen LogP contribution in [0.25, 0.3) is 0 Å². The maximum atomic E-state index is 12.3. The third-order valence-corrected chi connectivity index (χ3v) is 3.67. The number of carbonyl (C=O) groups excluding carboxylic acids is 1. The fraction of sp³-hybridized carbons (Fsp3) is 0.0588. The molecule has 0 bridgehead atoms. The highest BCUT2D eigenvalue weighted by molar-refractivity contribution is 6.31. The van der Waals surface area contributed by atoms with E-state index in [1.807, 2.05) is 18.2 Å². The molecule has 3 N–H and O–H groups in total. The molecule has 0 aliphatic rings. The first kappa shape index (κ1) is 19.0. The van der Waals surface area contributed by atoms with Crippen LogP contribution >= 0.6 is 11.6 Å². The Balaban J connectivity index is 1.75. The van der Waals surface area contributed by atoms with Crippen LogP contribution in [0.2, 0.25) is 5.02 Å². The smallest absolute Gasteiger partial charge is 0.345 e. The molecule has 3 aromatic rings. The second-order valence-electron chi connectivity index (χ2n) is 5.42. The molecule has 0 saturated carbocycles. The summed E-state index contributed by atoms with van der Waals surface area (Å²) in [6.07, 6.45) is 0. The molecule has 0 aliphatic heterocycles. The molecular weight excluding hydrogens is 388 g/mol. The molecule has 28 heavy (non-hydrogen) atoms. The van der Waals surface area contributed by atoms with Crippen molar-refractivity contribution in [3.63, 3.8) is 0 Å². The van der Waals surface area contributed by atoms with Crippen LogP contribution in [0, 0.1) is 10.1 Å². The molecular formula is C17H13ClN6O4. The number of nitrogen functional groups attached to an aromatic ring is 1. The van der Waals surface area contributed by atoms with Gasteiger partial charge in [-0.1, -0.05) is 29.8 Å². The Morgan fingerprint density at radius 1 is 1.18 bits per heavy atom. The molecule has 0 fully saturated rings. The summed E-state index contributed by atoms with van der Waals surface area (Å²) in [6, 6.07) is 12.7. The van der Waals surface area contributed by atoms with E-state index in [1.54, 1.807) is 12.1 Å². The molecule has 1 aromatic heterocycles. The molecule has 0 atom stereocenters. The maximum absolute atomic E-state index is 12.3. The van der Waals surface area contributed by atoms with Gasteiger partial charge in [-0.25, -0.2) is 4.79 Å². The lowest BCUT2D eigenvalue weighted by molar-refractivity contribution is -0.385. The van der Waals surface area contributed by atoms with E-state index >= 15 is 0 Å². The SMILES string of the molecule is Nc1nc(COC(=O)c2cc(Cl)ccc2[N+](=O)[O-])nc(Nc2ccccc2)n1. The van der Waals surface area contributed by atoms with Crippen molar-refractivity contribution in [2.75, 3.05) is 11.1 Å². The summed E-state index contributed by atoms with van der Waals surface area (Å²) in [5, 5.41) is 14.2. The van der Waals surface area contributed by atoms with Crippen LogP contribution in [0.3, 0.4) is 0 Å². The Bertz CT molecular complexity index is 1030. The molecule has 3 rings (SSSR count). The average Bonchev–Trinajstić information content (AvgIpc) is 2.66. The highest BCUT2D eigenvalue weighted by Crippen LogP contribution is 2.24. The van der Waals surface area contributed by atoms with Crippen molar-refractivity contribution >= 4 is 40.8 Å². The van der Waals surface area contributed by atoms with Gasteiger partial charge >= 0.3 is 5.97 Å². The number of halogens is 1. The van der Waals surface area contributed by atoms with Crippen molar-refractivity contribution < 1.29 is 14.5 Å². The third kappa shape index (κ3) is 4.68. The van der Waals surface area contributed by atoms with E-state index < -0.39 is 16.6 Å². The zero-order valence-electron chi connectivity index (χ0n) is 14.2. The zero-order chi connectivity index (χ0) is 20.1. The molecule has 0 amide bonds. The molecule has 10 nitrogen and oxygen atoms in total. The van der Waals surface area contributed by atoms with Crippen molar-refractivity contribution in [2.24, 2.45) is 0 Å². The van der Waals surface area contributed by atoms with Gasteiger partial charge in [0.1, 0.15) is 5.56 Å². The number of esters is 1. The topological polar surface area (TPSA) is 146 Å². The van der Waals surface area contributed by atoms with Crippen LogP contribution in [-0.4, -0.2) is 25.8 Å². The van der Waals surface area contributed by atoms with E-state index in [4.69, 9.17) is 22.1 Å². The minimum Gasteiger partial charge on any atom is -0.454 e. The molecule has 142 valence electrons. The minimum absolute atomic E-state index is 0.0731. The molecule has 0 radical (unpaired) electrons. The summed E-state index contributed by atoms with van der Waals surface area (Å²) in [5.41, 5.74) is 5.70. The predicted octanol–water partition coefficient (Wildman–Crippen LogP) is 3.12. The number of rotatable bonds is 6. The Morgan fingerprint density at radius 3 is 2.64 bits per heavy atom. The van der Waals surface area contributed by atoms with Gasteiger partial charge in [-0.15, -0.1) is 0 Å². The van der Waals surface area contributed by atoms with Crippen molar-refractivity contribution in [1.82, 2.24) is 15.0 Å². The first-order valence-corrected chi connectivity index (χ1v) is 8.24. The summed E-state index contributed by atoms with van der Waals surface area (Å²) >= 11 is 5.81. The number of hydrogen-bond donors (Lipinski definition) is 2. The van der Waals surface area contributed by atoms with Gasteiger partial charge in [0.05, 0.1) is 4.92 Å². The summed E-state index contributed by atoms with van der Waals surface area (Å²) < 4.78 is 5.08. The van der Waals surface area contributed by atoms with Crippen molar-refractivity contribution in [3.05, 3.63) is 75.1 Å². The molecule has 11 heteroatoms. The van der Waals surface area contributed by atoms with Crippen molar-refractivity contribution in [2.45, 2.75) is 6.61 Å². The lowest BCUT2D eigenvalue weighted by Gasteiger charge is -2.08. The number of carbonyl (C=O) groups is 1. The quantitative estimate of drug-likeness (QED) is 0.361. The van der Waals surface area contributed by atoms with Gasteiger partial charge in [-0.05, 0) is 24.3 Å². The Morgan fingerprint density at radius 2 is 1.93 bits per heavy atom. The fourth-order valence-corrected chi connectivity index (χ4v) is 2.42. The molecule has 0 aliphatic carbocycles. The lowest BCUT2D eigenvalue weighted by Crippen LogP contribution is -2.12. The standard InChI is InChI=1S/C17H13ClN6O4/c18-10-6-7-13(24(26)27)12(8-10)15(25)28-9-14-21-16(19)23-17(22-14)20-11-4-2-1-3-5-11/h1-8H,9H2,(H3,19,20,21,22,23). The highest BCUT2D eigenvalue weighted by Gasteiger charge is 2.22. The van der Waals surface area contributed by atoms with E-state index in [0.29, 0.717) is 0 Å². The summed E-state index contributed by atoms with van der Waals surface area (Å²) in [4.78, 5) is 34.6. The Hall–Kier alpha value is -3.79. The molecule has 2 aromatic carbocycles. The fourth-order valence-electron chi connectivity index (χ4n) is 2.25. The van der Waals surface area contributed by atoms with Gasteiger partial charge in [-0.2, -0.15) is 15.0 Å². The van der Waals surface area contributed by atoms with Gasteiger partial charge in [-0.3, -0.25) is 10.1 Å². The second-order valence-corrected chi connectivity index (χ2v) is 5.86. The number of nitro groups is 1. The number of benzene rings is 2. The number of nitrogens with one attached hydrogen (secondary N) is 1. The first-order chi connectivity index (χ1) is 13.4. The lowest BCUT2D eigenvalue weighted by atomic mass is 10.2. The number of nitrogens with two attached hydrogens (primary N) is 1. The van der Waals surface area contributed by atoms with Crippen LogP contribution in [0.5, 0.6) is 0 Å². The highest BCUT2D eigenvalue weighted by atomic mass is 35.5. The van der Waals surface area contributed by atoms with Crippen LogP contribution in [0.15, 0.2) is 48.5 Å². The number of aromatic nitrogens is 3. The van der Waals surface area contributed by atoms with Crippen molar-refractivity contribution in [3.8, 4) is 0 Å². The first-order valence-electron chi connectivity index (χ1n) is 7.86. The van der Waals surface area contributed by atoms with Crippen LogP contribution in [0.4, 0.5) is 23.3 Å². The number of ether oxygens (including phenoxy) is 1. The van der Waals surface area contributed by atoms with Crippen LogP contribution in [-0.2, 0) is 11.3 Å². The van der Waals surface area contributed by atoms with Crippen molar-refractivity contribution in [1.29, 1.82) is 0 Å². The number of para-hydroxylation sites is 1. The molecule has 0 unspecified atom stereocenters. The number of anilines is 3. The predicted molar refractivity (Wildman–Crippen MR) is 101 cm³/mol. The molecule has 0 saturated heterocycles. The number of nitro benzene ring substituents is 1. The van der Waals surface area contributed by atoms with E-state index in [1.165, 1.54) is 6.07 Å². The number of nitrogens with zero attached hydrogens (tertiary/aromatic N) is 4. The minimum atomic E-state index is -0.939. The second kappa shape index (κ2) is 8.27. The monoisotopic (exact) mass is 400 g/mol. The van der Waals surface area contributed by atoms with Crippen LogP contribution in [0.1, 0.15) is 16.2 Å². The Labute approximate surface area is 163 Å². The van der Waals surface area contributed by atoms with Gasteiger partial charge in [0.25, 0.3) is 5.69 Å². The van der Waals surface area contributed by atoms with Gasteiger partial charge in [0.15, 0.2) is 12.4 Å². The van der Waals surface area contributed by atoms with E-state index in [2.05, 4.69) is 20.3 Å². The Kier molecular flexibility index (Phi) is 5.61. The molecule has 0 spiro atoms. The number of hydrogen-bond acceptors (Lipinski definition) is 9. The summed E-state index contributed by atoms with van der Waals surface area (Å²) in [6.45, 7) is -0.362. The largest absolute Gasteiger partial charge is 0.454 e. The summed E-state index contributed by atoms with van der Waals surface area (Å²) in [5.74, 6) is -0.776. The van der Waals surface area contributed by atoms with E-state index in [9.17, 15) is 14.9 Å². The van der Waals surface area contributed by atoms with E-state index in [0.717, 1.165) is 17.8 Å². The average molecular weight is 401 g/mol. The van der Waals surface area contributed by atoms with Gasteiger partial charge in [0, 0.05) is 16.8 Å². The van der Waals surface area contributed by atoms with Gasteiger partial charge < -0.3 is 15.8 Å². The summed E-state index contributed by atoms with van der Waals surface area (Å²) in [7, 11) is 0. The third-order valence-electron chi connectivity index (χ3n) is 3.44. The maximum Gasteiger partial charge on any atom is 0.345 e. The van der Waals surface area contributed by atoms with E-state index in [-0.39, 0.29) is 34.9 Å². The normalized spacial score (nSPS) is 10.3. The molecule has 1 heterocycles. The van der Waals surface area contributed by atoms with Crippen LogP contribution < -0.4 is 11.1 Å². The van der Waals surface area contributed by atoms with Gasteiger partial charge in [0.2, 0.25) is 11.9 Å².